The third-order valence-corrected chi connectivity index (χ3v) is 7.46. The molecule has 1 aliphatic heterocycles. The second-order valence-electron chi connectivity index (χ2n) is 8.92. The van der Waals surface area contributed by atoms with Crippen LogP contribution in [-0.2, 0) is 14.9 Å². The number of nitrogens with zero attached hydrogens (tertiary/aromatic N) is 2. The molecule has 1 saturated carbocycles. The Balaban J connectivity index is 1.19. The molecule has 0 spiro atoms. The number of fused-ring (bicyclic) bond motifs is 1. The molecule has 1 aromatic heterocycles. The number of aromatic nitrogens is 2. The van der Waals surface area contributed by atoms with Crippen molar-refractivity contribution in [3.63, 3.8) is 0 Å². The van der Waals surface area contributed by atoms with Crippen molar-refractivity contribution in [2.45, 2.75) is 37.0 Å². The van der Waals surface area contributed by atoms with Gasteiger partial charge in [0.1, 0.15) is 10.6 Å². The zero-order valence-corrected chi connectivity index (χ0v) is 19.7. The van der Waals surface area contributed by atoms with Crippen LogP contribution in [0.15, 0.2) is 47.4 Å². The van der Waals surface area contributed by atoms with Crippen molar-refractivity contribution in [2.24, 2.45) is 5.92 Å². The van der Waals surface area contributed by atoms with Gasteiger partial charge >= 0.3 is 10.1 Å². The summed E-state index contributed by atoms with van der Waals surface area (Å²) in [7, 11) is -3.99. The van der Waals surface area contributed by atoms with Gasteiger partial charge in [-0.1, -0.05) is 6.42 Å². The summed E-state index contributed by atoms with van der Waals surface area (Å²) in [5.41, 5.74) is 2.05. The first kappa shape index (κ1) is 22.7. The van der Waals surface area contributed by atoms with E-state index in [2.05, 4.69) is 25.5 Å². The zero-order valence-electron chi connectivity index (χ0n) is 18.9. The number of hydrogen-bond acceptors (Lipinski definition) is 7. The SMILES string of the molecule is O=C(Nc1nc2ccc(OS(=O)(=O)c3ccc(NCCN4CCCCC4)cc3)cc2[nH]1)C1CC1. The van der Waals surface area contributed by atoms with E-state index in [1.165, 1.54) is 19.3 Å². The minimum absolute atomic E-state index is 0.0532. The molecule has 34 heavy (non-hydrogen) atoms. The van der Waals surface area contributed by atoms with Crippen LogP contribution in [0.4, 0.5) is 11.6 Å². The zero-order chi connectivity index (χ0) is 23.5. The van der Waals surface area contributed by atoms with E-state index in [9.17, 15) is 13.2 Å². The summed E-state index contributed by atoms with van der Waals surface area (Å²) in [6.07, 6.45) is 5.64. The van der Waals surface area contributed by atoms with Crippen LogP contribution in [0.2, 0.25) is 0 Å². The van der Waals surface area contributed by atoms with Crippen LogP contribution in [0.5, 0.6) is 5.75 Å². The molecule has 5 rings (SSSR count). The Morgan fingerprint density at radius 2 is 1.85 bits per heavy atom. The lowest BCUT2D eigenvalue weighted by molar-refractivity contribution is -0.117. The molecule has 3 N–H and O–H groups in total. The Morgan fingerprint density at radius 3 is 2.59 bits per heavy atom. The number of H-pyrrole nitrogens is 1. The maximum Gasteiger partial charge on any atom is 0.339 e. The number of amides is 1. The van der Waals surface area contributed by atoms with Crippen molar-refractivity contribution < 1.29 is 17.4 Å². The molecule has 9 nitrogen and oxygen atoms in total. The lowest BCUT2D eigenvalue weighted by Crippen LogP contribution is -2.33. The minimum Gasteiger partial charge on any atom is -0.384 e. The molecule has 0 radical (unpaired) electrons. The second-order valence-corrected chi connectivity index (χ2v) is 10.5. The molecule has 2 aliphatic rings. The Morgan fingerprint density at radius 1 is 1.09 bits per heavy atom. The fourth-order valence-corrected chi connectivity index (χ4v) is 5.04. The molecule has 1 saturated heterocycles. The molecule has 0 bridgehead atoms. The third-order valence-electron chi connectivity index (χ3n) is 6.20. The van der Waals surface area contributed by atoms with E-state index in [4.69, 9.17) is 4.18 Å². The van der Waals surface area contributed by atoms with Crippen molar-refractivity contribution in [3.8, 4) is 5.75 Å². The number of anilines is 2. The van der Waals surface area contributed by atoms with E-state index in [0.29, 0.717) is 17.0 Å². The summed E-state index contributed by atoms with van der Waals surface area (Å²) in [6.45, 7) is 4.09. The quantitative estimate of drug-likeness (QED) is 0.398. The molecule has 3 aromatic rings. The standard InChI is InChI=1S/C24H29N5O4S/c30-23(17-4-5-17)28-24-26-21-11-8-19(16-22(21)27-24)33-34(31,32)20-9-6-18(7-10-20)25-12-15-29-13-2-1-3-14-29/h6-11,16-17,25H,1-5,12-15H2,(H2,26,27,28,30). The second kappa shape index (κ2) is 9.63. The summed E-state index contributed by atoms with van der Waals surface area (Å²) < 4.78 is 30.9. The van der Waals surface area contributed by atoms with Gasteiger partial charge in [-0.2, -0.15) is 8.42 Å². The summed E-state index contributed by atoms with van der Waals surface area (Å²) in [5.74, 6) is 0.520. The lowest BCUT2D eigenvalue weighted by atomic mass is 10.1. The number of carbonyl (C=O) groups is 1. The Bertz CT molecular complexity index is 1260. The third kappa shape index (κ3) is 5.51. The first-order valence-electron chi connectivity index (χ1n) is 11.8. The van der Waals surface area contributed by atoms with E-state index in [0.717, 1.165) is 44.7 Å². The number of carbonyl (C=O) groups excluding carboxylic acids is 1. The Labute approximate surface area is 199 Å². The lowest BCUT2D eigenvalue weighted by Gasteiger charge is -2.26. The number of nitrogens with one attached hydrogen (secondary N) is 3. The minimum atomic E-state index is -3.99. The number of benzene rings is 2. The van der Waals surface area contributed by atoms with Gasteiger partial charge in [-0.05, 0) is 75.2 Å². The van der Waals surface area contributed by atoms with Gasteiger partial charge in [0.15, 0.2) is 0 Å². The molecule has 2 aromatic carbocycles. The van der Waals surface area contributed by atoms with Crippen molar-refractivity contribution in [2.75, 3.05) is 36.8 Å². The Hall–Kier alpha value is -3.11. The first-order chi connectivity index (χ1) is 16.5. The van der Waals surface area contributed by atoms with Crippen LogP contribution >= 0.6 is 0 Å². The number of hydrogen-bond donors (Lipinski definition) is 3. The maximum absolute atomic E-state index is 12.8. The van der Waals surface area contributed by atoms with E-state index in [1.54, 1.807) is 42.5 Å². The van der Waals surface area contributed by atoms with Crippen molar-refractivity contribution in [1.29, 1.82) is 0 Å². The topological polar surface area (TPSA) is 116 Å². The fraction of sp³-hybridized carbons (Fsp3) is 0.417. The summed E-state index contributed by atoms with van der Waals surface area (Å²) in [4.78, 5) is 21.8. The molecular formula is C24H29N5O4S. The number of imidazole rings is 1. The summed E-state index contributed by atoms with van der Waals surface area (Å²) in [5, 5.41) is 6.10. The van der Waals surface area contributed by atoms with Crippen LogP contribution in [-0.4, -0.2) is 55.4 Å². The molecule has 1 amide bonds. The summed E-state index contributed by atoms with van der Waals surface area (Å²) in [6, 6.07) is 11.3. The molecule has 180 valence electrons. The Kier molecular flexibility index (Phi) is 6.42. The van der Waals surface area contributed by atoms with Crippen molar-refractivity contribution in [1.82, 2.24) is 14.9 Å². The van der Waals surface area contributed by atoms with E-state index >= 15 is 0 Å². The van der Waals surface area contributed by atoms with Gasteiger partial charge in [0.2, 0.25) is 11.9 Å². The van der Waals surface area contributed by atoms with Gasteiger partial charge in [-0.15, -0.1) is 0 Å². The molecule has 0 unspecified atom stereocenters. The predicted octanol–water partition coefficient (Wildman–Crippen LogP) is 3.58. The van der Waals surface area contributed by atoms with Crippen LogP contribution in [0.3, 0.4) is 0 Å². The predicted molar refractivity (Wildman–Crippen MR) is 130 cm³/mol. The van der Waals surface area contributed by atoms with E-state index in [-0.39, 0.29) is 22.5 Å². The van der Waals surface area contributed by atoms with Gasteiger partial charge in [0.05, 0.1) is 11.0 Å². The first-order valence-corrected chi connectivity index (χ1v) is 13.2. The van der Waals surface area contributed by atoms with Crippen LogP contribution < -0.4 is 14.8 Å². The van der Waals surface area contributed by atoms with E-state index < -0.39 is 10.1 Å². The molecule has 0 atom stereocenters. The van der Waals surface area contributed by atoms with Crippen LogP contribution in [0.1, 0.15) is 32.1 Å². The van der Waals surface area contributed by atoms with Crippen molar-refractivity contribution in [3.05, 3.63) is 42.5 Å². The van der Waals surface area contributed by atoms with Crippen molar-refractivity contribution >= 4 is 38.7 Å². The average Bonchev–Trinajstić information content (AvgIpc) is 3.61. The highest BCUT2D eigenvalue weighted by Gasteiger charge is 2.30. The van der Waals surface area contributed by atoms with E-state index in [1.807, 2.05) is 0 Å². The highest BCUT2D eigenvalue weighted by atomic mass is 32.2. The maximum atomic E-state index is 12.8. The fourth-order valence-electron chi connectivity index (χ4n) is 4.12. The number of piperidine rings is 1. The highest BCUT2D eigenvalue weighted by molar-refractivity contribution is 7.87. The smallest absolute Gasteiger partial charge is 0.339 e. The normalized spacial score (nSPS) is 16.9. The molecule has 1 aliphatic carbocycles. The molecule has 2 heterocycles. The highest BCUT2D eigenvalue weighted by Crippen LogP contribution is 2.30. The monoisotopic (exact) mass is 483 g/mol. The summed E-state index contributed by atoms with van der Waals surface area (Å²) >= 11 is 0. The number of aromatic amines is 1. The molecule has 2 fully saturated rings. The van der Waals surface area contributed by atoms with Gasteiger partial charge in [-0.3, -0.25) is 10.1 Å². The molecule has 10 heteroatoms. The van der Waals surface area contributed by atoms with Crippen LogP contribution in [0.25, 0.3) is 11.0 Å². The van der Waals surface area contributed by atoms with Crippen LogP contribution in [0, 0.1) is 5.92 Å². The van der Waals surface area contributed by atoms with Gasteiger partial charge in [0, 0.05) is 30.8 Å². The van der Waals surface area contributed by atoms with Gasteiger partial charge < -0.3 is 19.4 Å². The average molecular weight is 484 g/mol. The van der Waals surface area contributed by atoms with Gasteiger partial charge in [-0.25, -0.2) is 4.98 Å². The van der Waals surface area contributed by atoms with Gasteiger partial charge in [0.25, 0.3) is 0 Å². The largest absolute Gasteiger partial charge is 0.384 e. The molecular weight excluding hydrogens is 454 g/mol. The number of likely N-dealkylation sites (tertiary alicyclic amines) is 1. The number of rotatable bonds is 9.